The van der Waals surface area contributed by atoms with E-state index in [4.69, 9.17) is 11.6 Å². The van der Waals surface area contributed by atoms with E-state index in [9.17, 15) is 9.59 Å². The Bertz CT molecular complexity index is 747. The molecule has 114 valence electrons. The number of amides is 1. The Hall–Kier alpha value is -2.41. The van der Waals surface area contributed by atoms with Gasteiger partial charge in [0, 0.05) is 31.0 Å². The largest absolute Gasteiger partial charge is 0.354 e. The molecule has 2 N–H and O–H groups in total. The average Bonchev–Trinajstić information content (AvgIpc) is 2.75. The summed E-state index contributed by atoms with van der Waals surface area (Å²) >= 11 is 6.10. The summed E-state index contributed by atoms with van der Waals surface area (Å²) in [7, 11) is 0. The number of H-pyrrole nitrogens is 1. The Morgan fingerprint density at radius 3 is 2.77 bits per heavy atom. The summed E-state index contributed by atoms with van der Waals surface area (Å²) in [5.74, 6) is 0.617. The quantitative estimate of drug-likeness (QED) is 0.855. The van der Waals surface area contributed by atoms with Crippen LogP contribution in [0.5, 0.6) is 0 Å². The normalized spacial score (nSPS) is 15.3. The number of nitrogens with zero attached hydrogens (tertiary/aromatic N) is 3. The fraction of sp³-hybridized carbons (Fsp3) is 0.286. The maximum atomic E-state index is 12.1. The van der Waals surface area contributed by atoms with Crippen molar-refractivity contribution >= 4 is 23.3 Å². The number of nitrogens with one attached hydrogen (secondary N) is 2. The Morgan fingerprint density at radius 2 is 2.00 bits per heavy atom. The number of hydrogen-bond acceptors (Lipinski definition) is 5. The molecular weight excluding hydrogens is 306 g/mol. The molecule has 22 heavy (non-hydrogen) atoms. The highest BCUT2D eigenvalue weighted by Crippen LogP contribution is 2.23. The average molecular weight is 320 g/mol. The van der Waals surface area contributed by atoms with Gasteiger partial charge in [0.1, 0.15) is 10.8 Å². The van der Waals surface area contributed by atoms with Gasteiger partial charge in [-0.1, -0.05) is 11.6 Å². The molecule has 0 aromatic carbocycles. The van der Waals surface area contributed by atoms with Crippen LogP contribution >= 0.6 is 11.6 Å². The van der Waals surface area contributed by atoms with E-state index in [-0.39, 0.29) is 17.5 Å². The fourth-order valence-corrected chi connectivity index (χ4v) is 2.50. The van der Waals surface area contributed by atoms with Crippen LogP contribution in [0.2, 0.25) is 5.02 Å². The van der Waals surface area contributed by atoms with Gasteiger partial charge in [-0.15, -0.1) is 0 Å². The van der Waals surface area contributed by atoms with Crippen molar-refractivity contribution in [3.05, 3.63) is 39.9 Å². The van der Waals surface area contributed by atoms with E-state index in [0.717, 1.165) is 12.0 Å². The molecular formula is C14H14ClN5O2. The van der Waals surface area contributed by atoms with Gasteiger partial charge in [-0.2, -0.15) is 0 Å². The first-order chi connectivity index (χ1) is 10.6. The highest BCUT2D eigenvalue weighted by Gasteiger charge is 2.21. The number of carbonyl (C=O) groups excluding carboxylic acids is 1. The second-order valence-electron chi connectivity index (χ2n) is 4.91. The first kappa shape index (κ1) is 14.5. The standard InChI is InChI=1S/C14H14ClN5O2/c15-11-13(20-7-1-4-17-10(21)8-20)18-12(19-14(11)22)9-2-5-16-6-3-9/h2-3,5-6H,1,4,7-8H2,(H,17,21)(H,18,19,22). The predicted molar refractivity (Wildman–Crippen MR) is 82.9 cm³/mol. The summed E-state index contributed by atoms with van der Waals surface area (Å²) in [4.78, 5) is 36.5. The Kier molecular flexibility index (Phi) is 4.06. The minimum atomic E-state index is -0.428. The van der Waals surface area contributed by atoms with Gasteiger partial charge in [0.05, 0.1) is 6.54 Å². The van der Waals surface area contributed by atoms with Gasteiger partial charge in [0.25, 0.3) is 5.56 Å². The van der Waals surface area contributed by atoms with Crippen LogP contribution in [0.15, 0.2) is 29.3 Å². The van der Waals surface area contributed by atoms with E-state index in [1.54, 1.807) is 29.4 Å². The first-order valence-electron chi connectivity index (χ1n) is 6.87. The first-order valence-corrected chi connectivity index (χ1v) is 7.25. The minimum Gasteiger partial charge on any atom is -0.354 e. The lowest BCUT2D eigenvalue weighted by atomic mass is 10.2. The van der Waals surface area contributed by atoms with Gasteiger partial charge in [0.2, 0.25) is 5.91 Å². The van der Waals surface area contributed by atoms with Crippen molar-refractivity contribution in [1.29, 1.82) is 0 Å². The summed E-state index contributed by atoms with van der Waals surface area (Å²) in [6.07, 6.45) is 3.99. The van der Waals surface area contributed by atoms with Crippen LogP contribution in [0.3, 0.4) is 0 Å². The molecule has 1 aliphatic heterocycles. The summed E-state index contributed by atoms with van der Waals surface area (Å²) in [6, 6.07) is 3.48. The smallest absolute Gasteiger partial charge is 0.272 e. The summed E-state index contributed by atoms with van der Waals surface area (Å²) in [6.45, 7) is 1.34. The number of hydrogen-bond donors (Lipinski definition) is 2. The third-order valence-electron chi connectivity index (χ3n) is 3.36. The van der Waals surface area contributed by atoms with Crippen molar-refractivity contribution in [2.45, 2.75) is 6.42 Å². The molecule has 7 nitrogen and oxygen atoms in total. The zero-order valence-corrected chi connectivity index (χ0v) is 12.4. The number of pyridine rings is 1. The molecule has 2 aromatic rings. The van der Waals surface area contributed by atoms with Gasteiger partial charge in [-0.3, -0.25) is 14.6 Å². The second-order valence-corrected chi connectivity index (χ2v) is 5.29. The monoisotopic (exact) mass is 319 g/mol. The zero-order chi connectivity index (χ0) is 15.5. The number of aromatic nitrogens is 3. The van der Waals surface area contributed by atoms with E-state index in [1.807, 2.05) is 0 Å². The zero-order valence-electron chi connectivity index (χ0n) is 11.7. The molecule has 8 heteroatoms. The van der Waals surface area contributed by atoms with Crippen molar-refractivity contribution in [2.24, 2.45) is 0 Å². The molecule has 0 saturated carbocycles. The van der Waals surface area contributed by atoms with E-state index in [0.29, 0.717) is 24.7 Å². The maximum absolute atomic E-state index is 12.1. The van der Waals surface area contributed by atoms with E-state index in [2.05, 4.69) is 20.3 Å². The van der Waals surface area contributed by atoms with Crippen molar-refractivity contribution in [1.82, 2.24) is 20.3 Å². The van der Waals surface area contributed by atoms with Gasteiger partial charge < -0.3 is 15.2 Å². The molecule has 3 heterocycles. The fourth-order valence-electron chi connectivity index (χ4n) is 2.29. The molecule has 0 bridgehead atoms. The molecule has 1 amide bonds. The molecule has 0 unspecified atom stereocenters. The molecule has 0 spiro atoms. The molecule has 1 aliphatic rings. The lowest BCUT2D eigenvalue weighted by Crippen LogP contribution is -2.34. The molecule has 0 radical (unpaired) electrons. The number of halogens is 1. The van der Waals surface area contributed by atoms with Crippen LogP contribution in [0.25, 0.3) is 11.4 Å². The summed E-state index contributed by atoms with van der Waals surface area (Å²) in [5.41, 5.74) is 0.299. The third-order valence-corrected chi connectivity index (χ3v) is 3.70. The van der Waals surface area contributed by atoms with Crippen LogP contribution in [-0.4, -0.2) is 40.5 Å². The molecule has 1 saturated heterocycles. The second kappa shape index (κ2) is 6.15. The van der Waals surface area contributed by atoms with Crippen molar-refractivity contribution in [3.8, 4) is 11.4 Å². The van der Waals surface area contributed by atoms with Crippen LogP contribution in [0.1, 0.15) is 6.42 Å². The maximum Gasteiger partial charge on any atom is 0.272 e. The van der Waals surface area contributed by atoms with Crippen molar-refractivity contribution < 1.29 is 4.79 Å². The molecule has 2 aromatic heterocycles. The third kappa shape index (κ3) is 2.94. The molecule has 0 atom stereocenters. The van der Waals surface area contributed by atoms with Crippen LogP contribution < -0.4 is 15.8 Å². The lowest BCUT2D eigenvalue weighted by Gasteiger charge is -2.21. The number of aromatic amines is 1. The van der Waals surface area contributed by atoms with E-state index >= 15 is 0 Å². The Morgan fingerprint density at radius 1 is 1.23 bits per heavy atom. The van der Waals surface area contributed by atoms with Gasteiger partial charge in [-0.05, 0) is 18.6 Å². The number of carbonyl (C=O) groups is 1. The highest BCUT2D eigenvalue weighted by atomic mass is 35.5. The van der Waals surface area contributed by atoms with Crippen LogP contribution in [0, 0.1) is 0 Å². The molecule has 0 aliphatic carbocycles. The topological polar surface area (TPSA) is 91.0 Å². The van der Waals surface area contributed by atoms with Gasteiger partial charge in [0.15, 0.2) is 5.82 Å². The number of anilines is 1. The van der Waals surface area contributed by atoms with E-state index < -0.39 is 5.56 Å². The van der Waals surface area contributed by atoms with Crippen molar-refractivity contribution in [2.75, 3.05) is 24.5 Å². The number of rotatable bonds is 2. The Balaban J connectivity index is 2.05. The minimum absolute atomic E-state index is 0.00694. The van der Waals surface area contributed by atoms with Gasteiger partial charge >= 0.3 is 0 Å². The van der Waals surface area contributed by atoms with E-state index in [1.165, 1.54) is 0 Å². The Labute approximate surface area is 131 Å². The SMILES string of the molecule is O=C1CN(c2nc(-c3ccncc3)[nH]c(=O)c2Cl)CCCN1. The lowest BCUT2D eigenvalue weighted by molar-refractivity contribution is -0.119. The van der Waals surface area contributed by atoms with Crippen LogP contribution in [-0.2, 0) is 4.79 Å². The highest BCUT2D eigenvalue weighted by molar-refractivity contribution is 6.32. The summed E-state index contributed by atoms with van der Waals surface area (Å²) < 4.78 is 0. The van der Waals surface area contributed by atoms with Crippen LogP contribution in [0.4, 0.5) is 5.82 Å². The van der Waals surface area contributed by atoms with Gasteiger partial charge in [-0.25, -0.2) is 4.98 Å². The summed E-state index contributed by atoms with van der Waals surface area (Å²) in [5, 5.41) is 2.77. The van der Waals surface area contributed by atoms with Crippen molar-refractivity contribution in [3.63, 3.8) is 0 Å². The predicted octanol–water partition coefficient (Wildman–Crippen LogP) is 0.812. The molecule has 3 rings (SSSR count). The molecule has 1 fully saturated rings.